The molecule has 0 aromatic carbocycles. The highest BCUT2D eigenvalue weighted by atomic mass is 79.9. The predicted octanol–water partition coefficient (Wildman–Crippen LogP) is 3.45. The second-order valence-corrected chi connectivity index (χ2v) is 4.76. The molecule has 0 aliphatic heterocycles. The number of hydrogen-bond acceptors (Lipinski definition) is 0. The fourth-order valence-corrected chi connectivity index (χ4v) is 2.12. The normalized spacial score (nSPS) is 23.6. The molecule has 1 unspecified atom stereocenters. The Bertz CT molecular complexity index is 234. The maximum absolute atomic E-state index is 3.58. The SMILES string of the molecule is CC(C)(C)C1=CC=C=CC1Br. The zero-order chi connectivity index (χ0) is 8.48. The summed E-state index contributed by atoms with van der Waals surface area (Å²) in [4.78, 5) is 0.368. The average molecular weight is 213 g/mol. The summed E-state index contributed by atoms with van der Waals surface area (Å²) in [5, 5.41) is 0. The van der Waals surface area contributed by atoms with E-state index in [1.807, 2.05) is 12.2 Å². The lowest BCUT2D eigenvalue weighted by atomic mass is 9.83. The molecule has 0 amide bonds. The van der Waals surface area contributed by atoms with Crippen LogP contribution in [0.4, 0.5) is 0 Å². The summed E-state index contributed by atoms with van der Waals surface area (Å²) in [6.45, 7) is 6.67. The molecule has 1 heteroatoms. The molecule has 0 aromatic heterocycles. The van der Waals surface area contributed by atoms with E-state index in [4.69, 9.17) is 0 Å². The summed E-state index contributed by atoms with van der Waals surface area (Å²) in [5.41, 5.74) is 4.73. The number of alkyl halides is 1. The van der Waals surface area contributed by atoms with Crippen molar-refractivity contribution in [3.63, 3.8) is 0 Å². The van der Waals surface area contributed by atoms with Crippen LogP contribution in [0, 0.1) is 5.41 Å². The van der Waals surface area contributed by atoms with Crippen LogP contribution in [0.5, 0.6) is 0 Å². The van der Waals surface area contributed by atoms with E-state index in [0.717, 1.165) is 0 Å². The van der Waals surface area contributed by atoms with Gasteiger partial charge in [0.15, 0.2) is 0 Å². The predicted molar refractivity (Wildman–Crippen MR) is 52.9 cm³/mol. The molecule has 60 valence electrons. The van der Waals surface area contributed by atoms with E-state index >= 15 is 0 Å². The Kier molecular flexibility index (Phi) is 2.41. The van der Waals surface area contributed by atoms with Crippen molar-refractivity contribution in [1.82, 2.24) is 0 Å². The first-order valence-corrected chi connectivity index (χ1v) is 4.71. The van der Waals surface area contributed by atoms with Gasteiger partial charge < -0.3 is 0 Å². The van der Waals surface area contributed by atoms with Crippen LogP contribution in [0.1, 0.15) is 20.8 Å². The topological polar surface area (TPSA) is 0 Å². The second-order valence-electron chi connectivity index (χ2n) is 3.77. The summed E-state index contributed by atoms with van der Waals surface area (Å²) < 4.78 is 0. The van der Waals surface area contributed by atoms with Gasteiger partial charge in [0, 0.05) is 0 Å². The van der Waals surface area contributed by atoms with Gasteiger partial charge in [0.1, 0.15) is 0 Å². The molecule has 0 nitrogen and oxygen atoms in total. The number of hydrogen-bond donors (Lipinski definition) is 0. The maximum Gasteiger partial charge on any atom is 0.0617 e. The van der Waals surface area contributed by atoms with Crippen LogP contribution in [0.25, 0.3) is 0 Å². The van der Waals surface area contributed by atoms with E-state index in [1.165, 1.54) is 5.57 Å². The van der Waals surface area contributed by atoms with Crippen molar-refractivity contribution in [2.45, 2.75) is 25.6 Å². The maximum atomic E-state index is 3.58. The molecule has 0 N–H and O–H groups in total. The van der Waals surface area contributed by atoms with Crippen molar-refractivity contribution in [3.8, 4) is 0 Å². The van der Waals surface area contributed by atoms with Crippen LogP contribution in [-0.2, 0) is 0 Å². The summed E-state index contributed by atoms with van der Waals surface area (Å²) in [5.74, 6) is 0. The van der Waals surface area contributed by atoms with E-state index in [9.17, 15) is 0 Å². The average Bonchev–Trinajstić information content (AvgIpc) is 1.86. The van der Waals surface area contributed by atoms with Crippen LogP contribution in [0.15, 0.2) is 29.5 Å². The molecule has 0 aromatic rings. The Balaban J connectivity index is 2.92. The van der Waals surface area contributed by atoms with Gasteiger partial charge in [-0.05, 0) is 23.1 Å². The van der Waals surface area contributed by atoms with Crippen molar-refractivity contribution in [2.75, 3.05) is 0 Å². The van der Waals surface area contributed by atoms with Crippen molar-refractivity contribution >= 4 is 15.9 Å². The fraction of sp³-hybridized carbons (Fsp3) is 0.500. The summed E-state index contributed by atoms with van der Waals surface area (Å²) >= 11 is 3.58. The van der Waals surface area contributed by atoms with Crippen molar-refractivity contribution in [3.05, 3.63) is 29.5 Å². The molecule has 1 aliphatic carbocycles. The standard InChI is InChI=1S/C10H13Br/c1-10(2,3)8-6-4-5-7-9(8)11/h4,6-7,9H,1-3H3. The summed E-state index contributed by atoms with van der Waals surface area (Å²) in [6, 6.07) is 0. The Morgan fingerprint density at radius 3 is 2.45 bits per heavy atom. The molecule has 0 saturated heterocycles. The number of halogens is 1. The molecule has 1 atom stereocenters. The van der Waals surface area contributed by atoms with Crippen LogP contribution in [-0.4, -0.2) is 4.83 Å². The van der Waals surface area contributed by atoms with Gasteiger partial charge in [-0.2, -0.15) is 0 Å². The van der Waals surface area contributed by atoms with Crippen molar-refractivity contribution in [1.29, 1.82) is 0 Å². The molecular formula is C10H13Br. The molecule has 0 heterocycles. The molecule has 1 aliphatic rings. The zero-order valence-corrected chi connectivity index (χ0v) is 8.77. The van der Waals surface area contributed by atoms with Crippen LogP contribution in [0.3, 0.4) is 0 Å². The Morgan fingerprint density at radius 2 is 2.09 bits per heavy atom. The molecule has 0 bridgehead atoms. The van der Waals surface area contributed by atoms with Gasteiger partial charge in [-0.3, -0.25) is 0 Å². The molecule has 0 saturated carbocycles. The number of allylic oxidation sites excluding steroid dienone is 3. The lowest BCUT2D eigenvalue weighted by molar-refractivity contribution is 0.497. The van der Waals surface area contributed by atoms with Gasteiger partial charge in [0.25, 0.3) is 0 Å². The van der Waals surface area contributed by atoms with Crippen LogP contribution < -0.4 is 0 Å². The van der Waals surface area contributed by atoms with Gasteiger partial charge in [-0.1, -0.05) is 42.8 Å². The smallest absolute Gasteiger partial charge is 0.0617 e. The van der Waals surface area contributed by atoms with Crippen molar-refractivity contribution < 1.29 is 0 Å². The monoisotopic (exact) mass is 212 g/mol. The molecule has 1 rings (SSSR count). The molecular weight excluding hydrogens is 200 g/mol. The third kappa shape index (κ3) is 2.08. The summed E-state index contributed by atoms with van der Waals surface area (Å²) in [6.07, 6.45) is 6.15. The van der Waals surface area contributed by atoms with Gasteiger partial charge in [0.05, 0.1) is 4.83 Å². The highest BCUT2D eigenvalue weighted by molar-refractivity contribution is 9.09. The first-order chi connectivity index (χ1) is 5.02. The van der Waals surface area contributed by atoms with Crippen LogP contribution >= 0.6 is 15.9 Å². The van der Waals surface area contributed by atoms with E-state index in [1.54, 1.807) is 0 Å². The molecule has 11 heavy (non-hydrogen) atoms. The Hall–Kier alpha value is -0.260. The highest BCUT2D eigenvalue weighted by Gasteiger charge is 2.22. The van der Waals surface area contributed by atoms with E-state index < -0.39 is 0 Å². The van der Waals surface area contributed by atoms with Crippen molar-refractivity contribution in [2.24, 2.45) is 5.41 Å². The third-order valence-electron chi connectivity index (χ3n) is 1.76. The first kappa shape index (κ1) is 8.83. The molecule has 0 fully saturated rings. The lowest BCUT2D eigenvalue weighted by Crippen LogP contribution is -2.17. The van der Waals surface area contributed by atoms with Crippen LogP contribution in [0.2, 0.25) is 0 Å². The molecule has 0 radical (unpaired) electrons. The Morgan fingerprint density at radius 1 is 1.45 bits per heavy atom. The van der Waals surface area contributed by atoms with Gasteiger partial charge in [-0.15, -0.1) is 5.73 Å². The van der Waals surface area contributed by atoms with E-state index in [0.29, 0.717) is 4.83 Å². The minimum atomic E-state index is 0.253. The first-order valence-electron chi connectivity index (χ1n) is 3.79. The minimum Gasteiger partial charge on any atom is -0.124 e. The highest BCUT2D eigenvalue weighted by Crippen LogP contribution is 2.33. The van der Waals surface area contributed by atoms with Gasteiger partial charge in [-0.25, -0.2) is 0 Å². The minimum absolute atomic E-state index is 0.253. The quantitative estimate of drug-likeness (QED) is 0.427. The second kappa shape index (κ2) is 3.00. The zero-order valence-electron chi connectivity index (χ0n) is 7.19. The Labute approximate surface area is 76.8 Å². The van der Waals surface area contributed by atoms with Gasteiger partial charge >= 0.3 is 0 Å². The fourth-order valence-electron chi connectivity index (χ4n) is 1.12. The lowest BCUT2D eigenvalue weighted by Gasteiger charge is -2.26. The third-order valence-corrected chi connectivity index (χ3v) is 2.52. The van der Waals surface area contributed by atoms with E-state index in [2.05, 4.69) is 48.5 Å². The molecule has 0 spiro atoms. The largest absolute Gasteiger partial charge is 0.124 e. The van der Waals surface area contributed by atoms with E-state index in [-0.39, 0.29) is 5.41 Å². The summed E-state index contributed by atoms with van der Waals surface area (Å²) in [7, 11) is 0. The number of rotatable bonds is 0. The van der Waals surface area contributed by atoms with Gasteiger partial charge in [0.2, 0.25) is 0 Å².